The van der Waals surface area contributed by atoms with Crippen LogP contribution in [-0.2, 0) is 31.9 Å². The Morgan fingerprint density at radius 2 is 1.89 bits per heavy atom. The summed E-state index contributed by atoms with van der Waals surface area (Å²) in [5.74, 6) is -0.890. The number of aromatic nitrogens is 3. The van der Waals surface area contributed by atoms with Crippen molar-refractivity contribution in [3.8, 4) is 0 Å². The van der Waals surface area contributed by atoms with Crippen molar-refractivity contribution >= 4 is 27.9 Å². The van der Waals surface area contributed by atoms with Crippen LogP contribution in [0.25, 0.3) is 21.9 Å². The second-order valence-corrected chi connectivity index (χ2v) is 7.06. The van der Waals surface area contributed by atoms with Crippen LogP contribution in [0.2, 0.25) is 0 Å². The summed E-state index contributed by atoms with van der Waals surface area (Å²) in [7, 11) is 3.48. The van der Waals surface area contributed by atoms with Crippen molar-refractivity contribution < 1.29 is 9.90 Å². The summed E-state index contributed by atoms with van der Waals surface area (Å²) >= 11 is 0. The Kier molecular flexibility index (Phi) is 4.52. The predicted octanol–water partition coefficient (Wildman–Crippen LogP) is 2.14. The van der Waals surface area contributed by atoms with Gasteiger partial charge < -0.3 is 15.4 Å². The number of aliphatic carboxylic acids is 1. The molecule has 144 valence electrons. The first-order valence-corrected chi connectivity index (χ1v) is 9.11. The number of hydrogen-bond donors (Lipinski definition) is 3. The minimum Gasteiger partial charge on any atom is -0.480 e. The lowest BCUT2D eigenvalue weighted by molar-refractivity contribution is -0.139. The molecule has 0 aliphatic carbocycles. The van der Waals surface area contributed by atoms with E-state index in [2.05, 4.69) is 10.3 Å². The topological polar surface area (TPSA) is 92.0 Å². The molecule has 2 heterocycles. The molecule has 0 aliphatic rings. The highest BCUT2D eigenvalue weighted by molar-refractivity contribution is 5.84. The van der Waals surface area contributed by atoms with Crippen molar-refractivity contribution in [1.82, 2.24) is 19.4 Å². The van der Waals surface area contributed by atoms with E-state index in [1.165, 1.54) is 0 Å². The van der Waals surface area contributed by atoms with Crippen molar-refractivity contribution in [2.45, 2.75) is 19.0 Å². The number of aromatic amines is 1. The Morgan fingerprint density at radius 3 is 2.68 bits per heavy atom. The zero-order valence-corrected chi connectivity index (χ0v) is 15.8. The van der Waals surface area contributed by atoms with Crippen LogP contribution in [0.15, 0.2) is 53.5 Å². The van der Waals surface area contributed by atoms with E-state index in [1.807, 2.05) is 48.7 Å². The molecule has 7 heteroatoms. The summed E-state index contributed by atoms with van der Waals surface area (Å²) in [5, 5.41) is 13.8. The highest BCUT2D eigenvalue weighted by Crippen LogP contribution is 2.19. The van der Waals surface area contributed by atoms with Gasteiger partial charge >= 0.3 is 11.7 Å². The Hall–Kier alpha value is -3.32. The number of carboxylic acids is 1. The van der Waals surface area contributed by atoms with Gasteiger partial charge in [0.05, 0.1) is 11.0 Å². The van der Waals surface area contributed by atoms with Crippen LogP contribution in [0.3, 0.4) is 0 Å². The number of nitrogens with zero attached hydrogens (tertiary/aromatic N) is 2. The summed E-state index contributed by atoms with van der Waals surface area (Å²) in [4.78, 5) is 27.0. The monoisotopic (exact) mass is 378 g/mol. The molecule has 0 aliphatic heterocycles. The molecule has 0 amide bonds. The molecular formula is C21H22N4O3. The Balaban J connectivity index is 1.54. The van der Waals surface area contributed by atoms with Gasteiger partial charge in [0.25, 0.3) is 0 Å². The summed E-state index contributed by atoms with van der Waals surface area (Å²) in [6.07, 6.45) is 2.25. The number of H-pyrrole nitrogens is 1. The normalized spacial score (nSPS) is 12.6. The number of rotatable bonds is 6. The second kappa shape index (κ2) is 7.01. The summed E-state index contributed by atoms with van der Waals surface area (Å²) < 4.78 is 3.20. The third-order valence-electron chi connectivity index (χ3n) is 5.29. The van der Waals surface area contributed by atoms with Crippen molar-refractivity contribution in [2.75, 3.05) is 0 Å². The standard InChI is InChI=1S/C21H22N4O3/c1-24-18-8-7-13(9-19(18)25(2)21(24)28)11-22-17(20(26)27)10-14-12-23-16-6-4-3-5-15(14)16/h3-9,12,17,22-23H,10-11H2,1-2H3,(H,26,27)/t17-/m1/s1. The Morgan fingerprint density at radius 1 is 1.14 bits per heavy atom. The summed E-state index contributed by atoms with van der Waals surface area (Å²) in [6.45, 7) is 0.401. The van der Waals surface area contributed by atoms with Crippen LogP contribution >= 0.6 is 0 Å². The van der Waals surface area contributed by atoms with Crippen molar-refractivity contribution in [1.29, 1.82) is 0 Å². The molecule has 4 aromatic rings. The van der Waals surface area contributed by atoms with E-state index >= 15 is 0 Å². The lowest BCUT2D eigenvalue weighted by atomic mass is 10.0. The fourth-order valence-corrected chi connectivity index (χ4v) is 3.67. The number of nitrogens with one attached hydrogen (secondary N) is 2. The van der Waals surface area contributed by atoms with Crippen LogP contribution < -0.4 is 11.0 Å². The van der Waals surface area contributed by atoms with Crippen LogP contribution in [0.1, 0.15) is 11.1 Å². The van der Waals surface area contributed by atoms with Gasteiger partial charge in [-0.15, -0.1) is 0 Å². The maximum Gasteiger partial charge on any atom is 0.328 e. The van der Waals surface area contributed by atoms with Gasteiger partial charge in [0.2, 0.25) is 0 Å². The predicted molar refractivity (Wildman–Crippen MR) is 108 cm³/mol. The average Bonchev–Trinajstić information content (AvgIpc) is 3.20. The third-order valence-corrected chi connectivity index (χ3v) is 5.29. The van der Waals surface area contributed by atoms with Crippen molar-refractivity contribution in [3.63, 3.8) is 0 Å². The largest absolute Gasteiger partial charge is 0.480 e. The highest BCUT2D eigenvalue weighted by atomic mass is 16.4. The van der Waals surface area contributed by atoms with Crippen molar-refractivity contribution in [2.24, 2.45) is 14.1 Å². The van der Waals surface area contributed by atoms with E-state index in [9.17, 15) is 14.7 Å². The number of carbonyl (C=O) groups is 1. The molecule has 0 unspecified atom stereocenters. The molecule has 7 nitrogen and oxygen atoms in total. The first-order chi connectivity index (χ1) is 13.5. The lowest BCUT2D eigenvalue weighted by Gasteiger charge is -2.14. The molecule has 0 saturated carbocycles. The molecule has 0 fully saturated rings. The minimum absolute atomic E-state index is 0.0807. The van der Waals surface area contributed by atoms with Gasteiger partial charge in [0.1, 0.15) is 6.04 Å². The number of aryl methyl sites for hydroxylation is 2. The lowest BCUT2D eigenvalue weighted by Crippen LogP contribution is -2.38. The van der Waals surface area contributed by atoms with Crippen LogP contribution in [0.5, 0.6) is 0 Å². The molecule has 0 bridgehead atoms. The van der Waals surface area contributed by atoms with E-state index in [-0.39, 0.29) is 5.69 Å². The molecule has 2 aromatic heterocycles. The number of para-hydroxylation sites is 1. The fourth-order valence-electron chi connectivity index (χ4n) is 3.67. The number of benzene rings is 2. The first-order valence-electron chi connectivity index (χ1n) is 9.11. The highest BCUT2D eigenvalue weighted by Gasteiger charge is 2.19. The zero-order chi connectivity index (χ0) is 19.8. The number of carboxylic acid groups (broad SMARTS) is 1. The van der Waals surface area contributed by atoms with Crippen LogP contribution in [-0.4, -0.2) is 31.2 Å². The molecule has 3 N–H and O–H groups in total. The van der Waals surface area contributed by atoms with Gasteiger partial charge in [0.15, 0.2) is 0 Å². The van der Waals surface area contributed by atoms with E-state index in [4.69, 9.17) is 0 Å². The smallest absolute Gasteiger partial charge is 0.328 e. The van der Waals surface area contributed by atoms with Gasteiger partial charge in [-0.3, -0.25) is 13.9 Å². The van der Waals surface area contributed by atoms with Gasteiger partial charge in [-0.2, -0.15) is 0 Å². The van der Waals surface area contributed by atoms with E-state index < -0.39 is 12.0 Å². The van der Waals surface area contributed by atoms with Crippen LogP contribution in [0, 0.1) is 0 Å². The third kappa shape index (κ3) is 3.10. The zero-order valence-electron chi connectivity index (χ0n) is 15.8. The first kappa shape index (κ1) is 18.1. The van der Waals surface area contributed by atoms with Gasteiger partial charge in [0, 0.05) is 44.2 Å². The van der Waals surface area contributed by atoms with Gasteiger partial charge in [-0.25, -0.2) is 4.79 Å². The van der Waals surface area contributed by atoms with E-state index in [1.54, 1.807) is 23.2 Å². The maximum absolute atomic E-state index is 12.1. The van der Waals surface area contributed by atoms with Gasteiger partial charge in [-0.05, 0) is 29.3 Å². The molecular weight excluding hydrogens is 356 g/mol. The molecule has 28 heavy (non-hydrogen) atoms. The minimum atomic E-state index is -0.890. The molecule has 4 rings (SSSR count). The SMILES string of the molecule is Cn1c(=O)n(C)c2cc(CN[C@H](Cc3c[nH]c4ccccc34)C(=O)O)ccc21. The molecule has 1 atom stereocenters. The molecule has 0 saturated heterocycles. The quantitative estimate of drug-likeness (QED) is 0.479. The van der Waals surface area contributed by atoms with E-state index in [0.29, 0.717) is 13.0 Å². The van der Waals surface area contributed by atoms with E-state index in [0.717, 1.165) is 33.1 Å². The molecule has 0 radical (unpaired) electrons. The maximum atomic E-state index is 12.1. The fraction of sp³-hybridized carbons (Fsp3) is 0.238. The molecule has 2 aromatic carbocycles. The second-order valence-electron chi connectivity index (χ2n) is 7.06. The summed E-state index contributed by atoms with van der Waals surface area (Å²) in [6, 6.07) is 12.9. The number of hydrogen-bond acceptors (Lipinski definition) is 3. The van der Waals surface area contributed by atoms with Crippen LogP contribution in [0.4, 0.5) is 0 Å². The number of fused-ring (bicyclic) bond motifs is 2. The molecule has 0 spiro atoms. The van der Waals surface area contributed by atoms with Gasteiger partial charge in [-0.1, -0.05) is 24.3 Å². The average molecular weight is 378 g/mol. The Bertz CT molecular complexity index is 1230. The summed E-state index contributed by atoms with van der Waals surface area (Å²) in [5.41, 5.74) is 4.50. The number of imidazole rings is 1. The Labute approximate surface area is 161 Å². The van der Waals surface area contributed by atoms with Crippen molar-refractivity contribution in [3.05, 3.63) is 70.3 Å².